The van der Waals surface area contributed by atoms with Gasteiger partial charge in [0.15, 0.2) is 5.82 Å². The topological polar surface area (TPSA) is 98.2 Å². The summed E-state index contributed by atoms with van der Waals surface area (Å²) in [5, 5.41) is 7.31. The van der Waals surface area contributed by atoms with Crippen LogP contribution in [-0.4, -0.2) is 31.7 Å². The third kappa shape index (κ3) is 3.86. The molecule has 0 bridgehead atoms. The van der Waals surface area contributed by atoms with Crippen molar-refractivity contribution in [2.45, 2.75) is 38.1 Å². The summed E-state index contributed by atoms with van der Waals surface area (Å²) >= 11 is 1.64. The van der Waals surface area contributed by atoms with Crippen molar-refractivity contribution in [1.29, 1.82) is 0 Å². The second-order valence-corrected chi connectivity index (χ2v) is 6.86. The molecule has 7 nitrogen and oxygen atoms in total. The fraction of sp³-hybridized carbons (Fsp3) is 0.333. The summed E-state index contributed by atoms with van der Waals surface area (Å²) in [5.41, 5.74) is 9.24. The number of aryl methyl sites for hydroxylation is 2. The zero-order valence-corrected chi connectivity index (χ0v) is 15.9. The zero-order valence-electron chi connectivity index (χ0n) is 15.1. The molecule has 8 heteroatoms. The van der Waals surface area contributed by atoms with Gasteiger partial charge in [-0.2, -0.15) is 4.98 Å². The summed E-state index contributed by atoms with van der Waals surface area (Å²) in [4.78, 5) is 22.2. The fourth-order valence-electron chi connectivity index (χ4n) is 2.86. The number of fused-ring (bicyclic) bond motifs is 1. The summed E-state index contributed by atoms with van der Waals surface area (Å²) in [6.07, 6.45) is 2.97. The highest BCUT2D eigenvalue weighted by Gasteiger charge is 2.14. The summed E-state index contributed by atoms with van der Waals surface area (Å²) in [6.45, 7) is 4.17. The lowest BCUT2D eigenvalue weighted by Crippen LogP contribution is -2.14. The lowest BCUT2D eigenvalue weighted by molar-refractivity contribution is -0.116. The van der Waals surface area contributed by atoms with Crippen LogP contribution < -0.4 is 11.1 Å². The Morgan fingerprint density at radius 1 is 1.31 bits per heavy atom. The van der Waals surface area contributed by atoms with E-state index >= 15 is 0 Å². The van der Waals surface area contributed by atoms with Crippen molar-refractivity contribution in [3.05, 3.63) is 47.0 Å². The molecule has 0 radical (unpaired) electrons. The molecule has 1 amide bonds. The molecule has 0 atom stereocenters. The van der Waals surface area contributed by atoms with Crippen molar-refractivity contribution in [2.75, 3.05) is 11.6 Å². The SMILES string of the molecule is CSc1cccc(NC(=O)CCc2c(C)nc3nc(CN)nn3c2C)c1. The van der Waals surface area contributed by atoms with Crippen LogP contribution in [0.3, 0.4) is 0 Å². The molecule has 0 aliphatic heterocycles. The third-order valence-corrected chi connectivity index (χ3v) is 4.96. The van der Waals surface area contributed by atoms with Gasteiger partial charge in [0.05, 0.1) is 6.54 Å². The molecule has 0 saturated heterocycles. The van der Waals surface area contributed by atoms with Crippen molar-refractivity contribution < 1.29 is 4.79 Å². The number of carbonyl (C=O) groups excluding carboxylic acids is 1. The van der Waals surface area contributed by atoms with Gasteiger partial charge in [0.1, 0.15) is 0 Å². The maximum atomic E-state index is 12.3. The summed E-state index contributed by atoms with van der Waals surface area (Å²) in [6, 6.07) is 7.82. The third-order valence-electron chi connectivity index (χ3n) is 4.23. The molecule has 136 valence electrons. The van der Waals surface area contributed by atoms with Crippen molar-refractivity contribution in [3.63, 3.8) is 0 Å². The number of amides is 1. The number of benzene rings is 1. The standard InChI is InChI=1S/C18H22N6OS/c1-11-15(12(2)24-18(20-11)22-16(10-19)23-24)7-8-17(25)21-13-5-4-6-14(9-13)26-3/h4-6,9H,7-8,10,19H2,1-3H3,(H,21,25). The van der Waals surface area contributed by atoms with Crippen LogP contribution in [0.4, 0.5) is 5.69 Å². The molecular weight excluding hydrogens is 348 g/mol. The Balaban J connectivity index is 1.73. The van der Waals surface area contributed by atoms with E-state index in [-0.39, 0.29) is 12.5 Å². The van der Waals surface area contributed by atoms with E-state index in [0.717, 1.165) is 27.5 Å². The number of hydrogen-bond acceptors (Lipinski definition) is 6. The van der Waals surface area contributed by atoms with Gasteiger partial charge in [-0.15, -0.1) is 16.9 Å². The largest absolute Gasteiger partial charge is 0.326 e. The number of thioether (sulfide) groups is 1. The molecule has 0 saturated carbocycles. The van der Waals surface area contributed by atoms with Crippen LogP contribution in [0.2, 0.25) is 0 Å². The molecule has 3 aromatic rings. The van der Waals surface area contributed by atoms with E-state index in [9.17, 15) is 4.79 Å². The van der Waals surface area contributed by atoms with Crippen LogP contribution in [0.1, 0.15) is 29.2 Å². The van der Waals surface area contributed by atoms with Gasteiger partial charge in [0, 0.05) is 28.4 Å². The monoisotopic (exact) mass is 370 g/mol. The van der Waals surface area contributed by atoms with Crippen LogP contribution in [0.5, 0.6) is 0 Å². The van der Waals surface area contributed by atoms with E-state index in [0.29, 0.717) is 24.4 Å². The smallest absolute Gasteiger partial charge is 0.252 e. The Kier molecular flexibility index (Phi) is 5.53. The lowest BCUT2D eigenvalue weighted by atomic mass is 10.1. The average molecular weight is 370 g/mol. The van der Waals surface area contributed by atoms with Crippen LogP contribution in [0.15, 0.2) is 29.2 Å². The predicted molar refractivity (Wildman–Crippen MR) is 103 cm³/mol. The summed E-state index contributed by atoms with van der Waals surface area (Å²) in [7, 11) is 0. The zero-order chi connectivity index (χ0) is 18.7. The van der Waals surface area contributed by atoms with E-state index in [4.69, 9.17) is 5.73 Å². The average Bonchev–Trinajstić information content (AvgIpc) is 3.05. The highest BCUT2D eigenvalue weighted by atomic mass is 32.2. The molecule has 2 heterocycles. The summed E-state index contributed by atoms with van der Waals surface area (Å²) < 4.78 is 1.70. The van der Waals surface area contributed by atoms with E-state index in [1.807, 2.05) is 44.4 Å². The number of nitrogens with zero attached hydrogens (tertiary/aromatic N) is 4. The molecular formula is C18H22N6OS. The number of hydrogen-bond donors (Lipinski definition) is 2. The molecule has 2 aromatic heterocycles. The number of anilines is 1. The number of carbonyl (C=O) groups is 1. The second-order valence-electron chi connectivity index (χ2n) is 5.99. The Hall–Kier alpha value is -2.45. The minimum atomic E-state index is -0.0246. The Labute approximate surface area is 156 Å². The first kappa shape index (κ1) is 18.3. The van der Waals surface area contributed by atoms with E-state index < -0.39 is 0 Å². The molecule has 3 rings (SSSR count). The Bertz CT molecular complexity index is 952. The number of nitrogens with one attached hydrogen (secondary N) is 1. The molecule has 1 aromatic carbocycles. The van der Waals surface area contributed by atoms with Crippen molar-refractivity contribution in [1.82, 2.24) is 19.6 Å². The minimum absolute atomic E-state index is 0.0246. The molecule has 0 spiro atoms. The molecule has 0 aliphatic rings. The van der Waals surface area contributed by atoms with Crippen molar-refractivity contribution in [2.24, 2.45) is 5.73 Å². The van der Waals surface area contributed by atoms with E-state index in [1.165, 1.54) is 0 Å². The maximum absolute atomic E-state index is 12.3. The maximum Gasteiger partial charge on any atom is 0.252 e. The molecule has 0 fully saturated rings. The highest BCUT2D eigenvalue weighted by Crippen LogP contribution is 2.20. The van der Waals surface area contributed by atoms with Gasteiger partial charge < -0.3 is 11.1 Å². The number of rotatable bonds is 6. The second kappa shape index (κ2) is 7.84. The lowest BCUT2D eigenvalue weighted by Gasteiger charge is -2.11. The quantitative estimate of drug-likeness (QED) is 0.647. The van der Waals surface area contributed by atoms with Gasteiger partial charge in [-0.3, -0.25) is 4.79 Å². The summed E-state index contributed by atoms with van der Waals surface area (Å²) in [5.74, 6) is 1.08. The number of nitrogens with two attached hydrogens (primary N) is 1. The molecule has 3 N–H and O–H groups in total. The number of aromatic nitrogens is 4. The molecule has 0 unspecified atom stereocenters. The van der Waals surface area contributed by atoms with Crippen molar-refractivity contribution in [3.8, 4) is 0 Å². The van der Waals surface area contributed by atoms with Crippen LogP contribution in [-0.2, 0) is 17.8 Å². The van der Waals surface area contributed by atoms with E-state index in [1.54, 1.807) is 16.3 Å². The molecule has 26 heavy (non-hydrogen) atoms. The van der Waals surface area contributed by atoms with Gasteiger partial charge in [-0.1, -0.05) is 6.07 Å². The van der Waals surface area contributed by atoms with Gasteiger partial charge in [0.2, 0.25) is 5.91 Å². The first-order chi connectivity index (χ1) is 12.5. The first-order valence-electron chi connectivity index (χ1n) is 8.37. The minimum Gasteiger partial charge on any atom is -0.326 e. The molecule has 0 aliphatic carbocycles. The Morgan fingerprint density at radius 3 is 2.85 bits per heavy atom. The van der Waals surface area contributed by atoms with Crippen molar-refractivity contribution >= 4 is 29.1 Å². The fourth-order valence-corrected chi connectivity index (χ4v) is 3.32. The highest BCUT2D eigenvalue weighted by molar-refractivity contribution is 7.98. The van der Waals surface area contributed by atoms with Crippen LogP contribution in [0.25, 0.3) is 5.78 Å². The van der Waals surface area contributed by atoms with Gasteiger partial charge >= 0.3 is 0 Å². The Morgan fingerprint density at radius 2 is 2.12 bits per heavy atom. The van der Waals surface area contributed by atoms with Gasteiger partial charge in [0.25, 0.3) is 5.78 Å². The van der Waals surface area contributed by atoms with Crippen LogP contribution >= 0.6 is 11.8 Å². The van der Waals surface area contributed by atoms with Gasteiger partial charge in [-0.25, -0.2) is 9.50 Å². The van der Waals surface area contributed by atoms with Gasteiger partial charge in [-0.05, 0) is 50.3 Å². The first-order valence-corrected chi connectivity index (χ1v) is 9.60. The van der Waals surface area contributed by atoms with Crippen LogP contribution in [0, 0.1) is 13.8 Å². The predicted octanol–water partition coefficient (Wildman–Crippen LogP) is 2.49. The van der Waals surface area contributed by atoms with E-state index in [2.05, 4.69) is 20.4 Å². The normalized spacial score (nSPS) is 11.1.